The Morgan fingerprint density at radius 1 is 1.17 bits per heavy atom. The molecule has 2 aliphatic rings. The van der Waals surface area contributed by atoms with Gasteiger partial charge in [-0.05, 0) is 68.6 Å². The average Bonchev–Trinajstić information content (AvgIpc) is 3.12. The van der Waals surface area contributed by atoms with Crippen molar-refractivity contribution >= 4 is 11.9 Å². The zero-order valence-corrected chi connectivity index (χ0v) is 17.6. The van der Waals surface area contributed by atoms with Crippen LogP contribution in [0.4, 0.5) is 0 Å². The summed E-state index contributed by atoms with van der Waals surface area (Å²) in [5.41, 5.74) is 1.77. The first-order valence-electron chi connectivity index (χ1n) is 11.2. The number of aliphatic hydroxyl groups is 1. The Bertz CT molecular complexity index is 666. The van der Waals surface area contributed by atoms with Gasteiger partial charge in [0.2, 0.25) is 5.91 Å². The molecule has 0 spiro atoms. The van der Waals surface area contributed by atoms with Crippen LogP contribution in [0.25, 0.3) is 0 Å². The molecule has 1 aromatic rings. The molecule has 1 heterocycles. The van der Waals surface area contributed by atoms with E-state index in [0.717, 1.165) is 38.5 Å². The number of rotatable bonds is 9. The van der Waals surface area contributed by atoms with Gasteiger partial charge in [-0.1, -0.05) is 31.4 Å². The molecule has 5 nitrogen and oxygen atoms in total. The van der Waals surface area contributed by atoms with Crippen LogP contribution in [0.1, 0.15) is 80.1 Å². The second kappa shape index (κ2) is 10.8. The molecule has 29 heavy (non-hydrogen) atoms. The Labute approximate surface area is 174 Å². The minimum absolute atomic E-state index is 0.244. The lowest BCUT2D eigenvalue weighted by Crippen LogP contribution is -2.36. The maximum absolute atomic E-state index is 12.3. The fourth-order valence-corrected chi connectivity index (χ4v) is 4.89. The van der Waals surface area contributed by atoms with Gasteiger partial charge in [0.25, 0.3) is 0 Å². The van der Waals surface area contributed by atoms with Crippen molar-refractivity contribution in [2.24, 2.45) is 5.92 Å². The number of amides is 1. The molecule has 1 aliphatic carbocycles. The number of hydrogen-bond acceptors (Lipinski definition) is 4. The van der Waals surface area contributed by atoms with Crippen molar-refractivity contribution in [2.45, 2.75) is 82.8 Å². The van der Waals surface area contributed by atoms with Crippen molar-refractivity contribution in [1.29, 1.82) is 0 Å². The van der Waals surface area contributed by atoms with Gasteiger partial charge in [0.05, 0.1) is 18.8 Å². The highest BCUT2D eigenvalue weighted by Crippen LogP contribution is 2.29. The maximum Gasteiger partial charge on any atom is 0.337 e. The minimum Gasteiger partial charge on any atom is -0.465 e. The van der Waals surface area contributed by atoms with E-state index >= 15 is 0 Å². The highest BCUT2D eigenvalue weighted by molar-refractivity contribution is 5.89. The van der Waals surface area contributed by atoms with Crippen LogP contribution in [0.2, 0.25) is 0 Å². The second-order valence-corrected chi connectivity index (χ2v) is 8.61. The Balaban J connectivity index is 1.43. The molecular formula is C24H35NO4. The smallest absolute Gasteiger partial charge is 0.337 e. The molecule has 3 rings (SSSR count). The van der Waals surface area contributed by atoms with Gasteiger partial charge in [-0.25, -0.2) is 4.79 Å². The lowest BCUT2D eigenvalue weighted by atomic mass is 9.84. The van der Waals surface area contributed by atoms with E-state index in [1.54, 1.807) is 12.1 Å². The van der Waals surface area contributed by atoms with Gasteiger partial charge < -0.3 is 14.7 Å². The summed E-state index contributed by atoms with van der Waals surface area (Å²) < 4.78 is 4.73. The van der Waals surface area contributed by atoms with Crippen LogP contribution in [0.3, 0.4) is 0 Å². The fourth-order valence-electron chi connectivity index (χ4n) is 4.89. The van der Waals surface area contributed by atoms with Crippen molar-refractivity contribution < 1.29 is 19.4 Å². The van der Waals surface area contributed by atoms with Crippen molar-refractivity contribution in [3.8, 4) is 0 Å². The second-order valence-electron chi connectivity index (χ2n) is 8.61. The van der Waals surface area contributed by atoms with Crippen LogP contribution in [0.15, 0.2) is 24.3 Å². The molecule has 1 saturated carbocycles. The predicted molar refractivity (Wildman–Crippen MR) is 113 cm³/mol. The van der Waals surface area contributed by atoms with Crippen LogP contribution in [-0.4, -0.2) is 47.7 Å². The largest absolute Gasteiger partial charge is 0.465 e. The fraction of sp³-hybridized carbons (Fsp3) is 0.667. The first-order valence-corrected chi connectivity index (χ1v) is 11.2. The third kappa shape index (κ3) is 6.05. The molecule has 1 aliphatic heterocycles. The zero-order valence-electron chi connectivity index (χ0n) is 17.6. The van der Waals surface area contributed by atoms with E-state index in [2.05, 4.69) is 0 Å². The zero-order chi connectivity index (χ0) is 20.6. The van der Waals surface area contributed by atoms with Gasteiger partial charge in [-0.2, -0.15) is 0 Å². The molecule has 1 saturated heterocycles. The number of hydrogen-bond donors (Lipinski definition) is 1. The van der Waals surface area contributed by atoms with E-state index in [1.165, 1.54) is 31.9 Å². The predicted octanol–water partition coefficient (Wildman–Crippen LogP) is 4.12. The Morgan fingerprint density at radius 3 is 2.59 bits per heavy atom. The highest BCUT2D eigenvalue weighted by Gasteiger charge is 2.31. The quantitative estimate of drug-likeness (QED) is 0.632. The maximum atomic E-state index is 12.3. The van der Waals surface area contributed by atoms with Gasteiger partial charge in [0.15, 0.2) is 0 Å². The summed E-state index contributed by atoms with van der Waals surface area (Å²) in [6.07, 6.45) is 11.0. The standard InChI is InChI=1S/C24H35NO4/c1-29-24(28)20-12-10-18(11-13-20)6-5-9-21-14-15-23(27)25(21)17-16-22(26)19-7-3-2-4-8-19/h10-13,19,21-22,26H,2-9,14-17H2,1H3/t21?,22-/m1/s1. The molecule has 2 fully saturated rings. The summed E-state index contributed by atoms with van der Waals surface area (Å²) in [6, 6.07) is 7.86. The van der Waals surface area contributed by atoms with Crippen LogP contribution in [0, 0.1) is 5.92 Å². The molecule has 1 N–H and O–H groups in total. The van der Waals surface area contributed by atoms with E-state index < -0.39 is 0 Å². The van der Waals surface area contributed by atoms with Crippen molar-refractivity contribution in [3.05, 3.63) is 35.4 Å². The highest BCUT2D eigenvalue weighted by atomic mass is 16.5. The Kier molecular flexibility index (Phi) is 8.10. The third-order valence-corrected chi connectivity index (χ3v) is 6.69. The number of methoxy groups -OCH3 is 1. The lowest BCUT2D eigenvalue weighted by molar-refractivity contribution is -0.129. The van der Waals surface area contributed by atoms with Crippen LogP contribution in [0.5, 0.6) is 0 Å². The number of carbonyl (C=O) groups is 2. The first kappa shape index (κ1) is 21.8. The minimum atomic E-state index is -0.313. The summed E-state index contributed by atoms with van der Waals surface area (Å²) in [5, 5.41) is 10.5. The summed E-state index contributed by atoms with van der Waals surface area (Å²) in [6.45, 7) is 0.689. The van der Waals surface area contributed by atoms with Crippen molar-refractivity contribution in [2.75, 3.05) is 13.7 Å². The molecule has 0 aromatic heterocycles. The molecule has 160 valence electrons. The van der Waals surface area contributed by atoms with Gasteiger partial charge in [0.1, 0.15) is 0 Å². The SMILES string of the molecule is COC(=O)c1ccc(CCCC2CCC(=O)N2CC[C@@H](O)C2CCCCC2)cc1. The number of nitrogens with zero attached hydrogens (tertiary/aromatic N) is 1. The number of ether oxygens (including phenoxy) is 1. The van der Waals surface area contributed by atoms with Gasteiger partial charge in [-0.15, -0.1) is 0 Å². The van der Waals surface area contributed by atoms with Crippen molar-refractivity contribution in [1.82, 2.24) is 4.90 Å². The Morgan fingerprint density at radius 2 is 1.90 bits per heavy atom. The lowest BCUT2D eigenvalue weighted by Gasteiger charge is -2.30. The normalized spacial score (nSPS) is 21.4. The first-order chi connectivity index (χ1) is 14.1. The van der Waals surface area contributed by atoms with Crippen LogP contribution in [-0.2, 0) is 16.0 Å². The number of aryl methyl sites for hydroxylation is 1. The Hall–Kier alpha value is -1.88. The van der Waals surface area contributed by atoms with E-state index in [4.69, 9.17) is 4.74 Å². The number of carbonyl (C=O) groups excluding carboxylic acids is 2. The number of benzene rings is 1. The van der Waals surface area contributed by atoms with E-state index in [-0.39, 0.29) is 18.0 Å². The number of aliphatic hydroxyl groups excluding tert-OH is 1. The summed E-state index contributed by atoms with van der Waals surface area (Å²) in [4.78, 5) is 25.9. The van der Waals surface area contributed by atoms with Crippen LogP contribution >= 0.6 is 0 Å². The van der Waals surface area contributed by atoms with E-state index in [0.29, 0.717) is 36.9 Å². The molecule has 1 aromatic carbocycles. The van der Waals surface area contributed by atoms with Crippen LogP contribution < -0.4 is 0 Å². The van der Waals surface area contributed by atoms with E-state index in [9.17, 15) is 14.7 Å². The van der Waals surface area contributed by atoms with Gasteiger partial charge in [0, 0.05) is 19.0 Å². The third-order valence-electron chi connectivity index (χ3n) is 6.69. The molecule has 2 atom stereocenters. The van der Waals surface area contributed by atoms with Crippen molar-refractivity contribution in [3.63, 3.8) is 0 Å². The molecule has 1 amide bonds. The topological polar surface area (TPSA) is 66.8 Å². The summed E-state index contributed by atoms with van der Waals surface area (Å²) >= 11 is 0. The van der Waals surface area contributed by atoms with Gasteiger partial charge in [-0.3, -0.25) is 4.79 Å². The molecule has 5 heteroatoms. The molecular weight excluding hydrogens is 366 g/mol. The summed E-state index contributed by atoms with van der Waals surface area (Å²) in [7, 11) is 1.39. The average molecular weight is 402 g/mol. The van der Waals surface area contributed by atoms with Gasteiger partial charge >= 0.3 is 5.97 Å². The summed E-state index contributed by atoms with van der Waals surface area (Å²) in [5.74, 6) is 0.355. The molecule has 1 unspecified atom stereocenters. The molecule has 0 radical (unpaired) electrons. The monoisotopic (exact) mass is 401 g/mol. The molecule has 0 bridgehead atoms. The number of likely N-dealkylation sites (tertiary alicyclic amines) is 1. The number of esters is 1. The van der Waals surface area contributed by atoms with E-state index in [1.807, 2.05) is 17.0 Å².